The van der Waals surface area contributed by atoms with Crippen LogP contribution in [0, 0.1) is 0 Å². The average molecular weight is 400 g/mol. The molecular formula is C23H20N4O3. The molecule has 0 fully saturated rings. The highest BCUT2D eigenvalue weighted by Gasteiger charge is 2.17. The quantitative estimate of drug-likeness (QED) is 0.460. The summed E-state index contributed by atoms with van der Waals surface area (Å²) in [6, 6.07) is 20.8. The predicted octanol–water partition coefficient (Wildman–Crippen LogP) is 4.51. The number of hydrogen-bond acceptors (Lipinski definition) is 6. The van der Waals surface area contributed by atoms with Crippen molar-refractivity contribution in [2.45, 2.75) is 6.54 Å². The highest BCUT2D eigenvalue weighted by atomic mass is 16.5. The van der Waals surface area contributed by atoms with Gasteiger partial charge in [-0.3, -0.25) is 4.79 Å². The molecule has 0 radical (unpaired) electrons. The van der Waals surface area contributed by atoms with Crippen LogP contribution in [0.5, 0.6) is 5.75 Å². The molecule has 7 heteroatoms. The standard InChI is InChI=1S/C23H20N4O3/c1-29-19-12-9-17(10-13-19)11-14-21(28)27-23(24-16-18-6-3-2-4-7-18)25-22(26-27)20-8-5-15-30-20/h2-15H,16H2,1H3,(H,24,25,26). The van der Waals surface area contributed by atoms with Crippen molar-refractivity contribution < 1.29 is 13.9 Å². The van der Waals surface area contributed by atoms with Crippen LogP contribution in [0.1, 0.15) is 15.9 Å². The molecule has 0 amide bonds. The van der Waals surface area contributed by atoms with Gasteiger partial charge < -0.3 is 14.5 Å². The minimum Gasteiger partial charge on any atom is -0.497 e. The van der Waals surface area contributed by atoms with Crippen LogP contribution in [0.4, 0.5) is 5.95 Å². The van der Waals surface area contributed by atoms with Crippen molar-refractivity contribution in [2.75, 3.05) is 12.4 Å². The first kappa shape index (κ1) is 19.2. The first-order valence-electron chi connectivity index (χ1n) is 9.38. The fourth-order valence-corrected chi connectivity index (χ4v) is 2.82. The third-order valence-corrected chi connectivity index (χ3v) is 4.39. The van der Waals surface area contributed by atoms with Crippen molar-refractivity contribution in [1.29, 1.82) is 0 Å². The number of carbonyl (C=O) groups excluding carboxylic acids is 1. The molecule has 0 aliphatic heterocycles. The van der Waals surface area contributed by atoms with E-state index in [0.717, 1.165) is 16.9 Å². The van der Waals surface area contributed by atoms with Crippen LogP contribution in [0.3, 0.4) is 0 Å². The van der Waals surface area contributed by atoms with Gasteiger partial charge in [-0.2, -0.15) is 9.67 Å². The first-order valence-corrected chi connectivity index (χ1v) is 9.38. The number of hydrogen-bond donors (Lipinski definition) is 1. The van der Waals surface area contributed by atoms with Gasteiger partial charge in [-0.05, 0) is 41.5 Å². The Hall–Kier alpha value is -4.13. The molecule has 2 aromatic heterocycles. The third-order valence-electron chi connectivity index (χ3n) is 4.39. The van der Waals surface area contributed by atoms with Crippen LogP contribution < -0.4 is 10.1 Å². The summed E-state index contributed by atoms with van der Waals surface area (Å²) in [5.74, 6) is 1.59. The number of nitrogens with one attached hydrogen (secondary N) is 1. The molecule has 2 heterocycles. The number of aromatic nitrogens is 3. The average Bonchev–Trinajstić information content (AvgIpc) is 3.47. The molecular weight excluding hydrogens is 380 g/mol. The molecule has 7 nitrogen and oxygen atoms in total. The molecule has 2 aromatic carbocycles. The monoisotopic (exact) mass is 400 g/mol. The normalized spacial score (nSPS) is 11.0. The van der Waals surface area contributed by atoms with Gasteiger partial charge in [0.2, 0.25) is 11.8 Å². The van der Waals surface area contributed by atoms with Gasteiger partial charge in [0.1, 0.15) is 5.75 Å². The number of ether oxygens (including phenoxy) is 1. The van der Waals surface area contributed by atoms with Gasteiger partial charge in [0.15, 0.2) is 5.76 Å². The van der Waals surface area contributed by atoms with Crippen molar-refractivity contribution in [2.24, 2.45) is 0 Å². The summed E-state index contributed by atoms with van der Waals surface area (Å²) in [7, 11) is 1.61. The summed E-state index contributed by atoms with van der Waals surface area (Å²) >= 11 is 0. The Balaban J connectivity index is 1.57. The van der Waals surface area contributed by atoms with Gasteiger partial charge >= 0.3 is 0 Å². The van der Waals surface area contributed by atoms with Crippen LogP contribution in [0.15, 0.2) is 83.5 Å². The SMILES string of the molecule is COc1ccc(C=CC(=O)n2nc(-c3ccco3)nc2NCc2ccccc2)cc1. The Morgan fingerprint density at radius 1 is 1.10 bits per heavy atom. The Labute approximate surface area is 173 Å². The van der Waals surface area contributed by atoms with E-state index in [1.165, 1.54) is 10.8 Å². The van der Waals surface area contributed by atoms with E-state index in [2.05, 4.69) is 15.4 Å². The number of nitrogens with zero attached hydrogens (tertiary/aromatic N) is 3. The lowest BCUT2D eigenvalue weighted by molar-refractivity contribution is 0.0957. The zero-order chi connectivity index (χ0) is 20.8. The number of carbonyl (C=O) groups is 1. The highest BCUT2D eigenvalue weighted by Crippen LogP contribution is 2.19. The maximum atomic E-state index is 12.8. The lowest BCUT2D eigenvalue weighted by atomic mass is 10.2. The number of allylic oxidation sites excluding steroid dienone is 1. The molecule has 0 unspecified atom stereocenters. The molecule has 4 rings (SSSR count). The van der Waals surface area contributed by atoms with Crippen molar-refractivity contribution in [3.63, 3.8) is 0 Å². The lowest BCUT2D eigenvalue weighted by Gasteiger charge is -2.05. The van der Waals surface area contributed by atoms with Crippen molar-refractivity contribution in [3.05, 3.63) is 90.2 Å². The van der Waals surface area contributed by atoms with Crippen LogP contribution in [0.2, 0.25) is 0 Å². The summed E-state index contributed by atoms with van der Waals surface area (Å²) in [5, 5.41) is 7.52. The molecule has 0 atom stereocenters. The van der Waals surface area contributed by atoms with Gasteiger partial charge in [-0.25, -0.2) is 0 Å². The fraction of sp³-hybridized carbons (Fsp3) is 0.0870. The molecule has 0 bridgehead atoms. The van der Waals surface area contributed by atoms with Gasteiger partial charge in [0.05, 0.1) is 13.4 Å². The second-order valence-electron chi connectivity index (χ2n) is 6.43. The third kappa shape index (κ3) is 4.47. The predicted molar refractivity (Wildman–Crippen MR) is 114 cm³/mol. The number of furan rings is 1. The molecule has 4 aromatic rings. The number of methoxy groups -OCH3 is 1. The Bertz CT molecular complexity index is 1130. The number of rotatable bonds is 7. The summed E-state index contributed by atoms with van der Waals surface area (Å²) in [6.45, 7) is 0.507. The van der Waals surface area contributed by atoms with Crippen LogP contribution >= 0.6 is 0 Å². The minimum absolute atomic E-state index is 0.327. The largest absolute Gasteiger partial charge is 0.497 e. The van der Waals surface area contributed by atoms with E-state index in [-0.39, 0.29) is 5.91 Å². The van der Waals surface area contributed by atoms with Gasteiger partial charge in [0, 0.05) is 12.6 Å². The number of anilines is 1. The van der Waals surface area contributed by atoms with E-state index < -0.39 is 0 Å². The zero-order valence-corrected chi connectivity index (χ0v) is 16.4. The van der Waals surface area contributed by atoms with E-state index in [9.17, 15) is 4.79 Å². The van der Waals surface area contributed by atoms with E-state index in [4.69, 9.17) is 9.15 Å². The first-order chi connectivity index (χ1) is 14.7. The minimum atomic E-state index is -0.327. The van der Waals surface area contributed by atoms with Crippen LogP contribution in [-0.4, -0.2) is 27.8 Å². The van der Waals surface area contributed by atoms with E-state index in [1.54, 1.807) is 31.6 Å². The highest BCUT2D eigenvalue weighted by molar-refractivity contribution is 5.94. The zero-order valence-electron chi connectivity index (χ0n) is 16.4. The Kier molecular flexibility index (Phi) is 5.70. The smallest absolute Gasteiger partial charge is 0.274 e. The number of benzene rings is 2. The fourth-order valence-electron chi connectivity index (χ4n) is 2.82. The maximum absolute atomic E-state index is 12.8. The second-order valence-corrected chi connectivity index (χ2v) is 6.43. The van der Waals surface area contributed by atoms with Crippen LogP contribution in [0.25, 0.3) is 17.7 Å². The molecule has 0 saturated carbocycles. The summed E-state index contributed by atoms with van der Waals surface area (Å²) in [4.78, 5) is 17.3. The molecule has 30 heavy (non-hydrogen) atoms. The van der Waals surface area contributed by atoms with Crippen molar-refractivity contribution >= 4 is 17.9 Å². The van der Waals surface area contributed by atoms with Crippen molar-refractivity contribution in [3.8, 4) is 17.3 Å². The summed E-state index contributed by atoms with van der Waals surface area (Å²) in [6.07, 6.45) is 4.71. The second kappa shape index (κ2) is 8.91. The summed E-state index contributed by atoms with van der Waals surface area (Å²) < 4.78 is 11.8. The van der Waals surface area contributed by atoms with Gasteiger partial charge in [-0.15, -0.1) is 5.10 Å². The van der Waals surface area contributed by atoms with Gasteiger partial charge in [-0.1, -0.05) is 42.5 Å². The Morgan fingerprint density at radius 2 is 1.90 bits per heavy atom. The Morgan fingerprint density at radius 3 is 2.60 bits per heavy atom. The molecule has 0 spiro atoms. The van der Waals surface area contributed by atoms with E-state index >= 15 is 0 Å². The van der Waals surface area contributed by atoms with E-state index in [0.29, 0.717) is 24.1 Å². The molecule has 0 saturated heterocycles. The van der Waals surface area contributed by atoms with E-state index in [1.807, 2.05) is 54.6 Å². The molecule has 150 valence electrons. The van der Waals surface area contributed by atoms with Crippen LogP contribution in [-0.2, 0) is 6.54 Å². The van der Waals surface area contributed by atoms with Gasteiger partial charge in [0.25, 0.3) is 5.91 Å². The topological polar surface area (TPSA) is 82.2 Å². The molecule has 1 N–H and O–H groups in total. The maximum Gasteiger partial charge on any atom is 0.274 e. The lowest BCUT2D eigenvalue weighted by Crippen LogP contribution is -2.14. The summed E-state index contributed by atoms with van der Waals surface area (Å²) in [5.41, 5.74) is 1.93. The van der Waals surface area contributed by atoms with Crippen molar-refractivity contribution in [1.82, 2.24) is 14.8 Å². The molecule has 0 aliphatic rings. The molecule has 0 aliphatic carbocycles.